The summed E-state index contributed by atoms with van der Waals surface area (Å²) >= 11 is 0. The molecule has 0 aliphatic heterocycles. The first-order chi connectivity index (χ1) is 26.7. The van der Waals surface area contributed by atoms with Crippen molar-refractivity contribution in [3.8, 4) is 33.4 Å². The molecule has 4 saturated carbocycles. The zero-order chi connectivity index (χ0) is 36.9. The zero-order valence-corrected chi connectivity index (χ0v) is 32.8. The lowest BCUT2D eigenvalue weighted by Gasteiger charge is -2.76. The molecule has 0 N–H and O–H groups in total. The van der Waals surface area contributed by atoms with Gasteiger partial charge in [-0.15, -0.1) is 0 Å². The van der Waals surface area contributed by atoms with Crippen LogP contribution in [0.4, 0.5) is 17.1 Å². The third-order valence-corrected chi connectivity index (χ3v) is 16.4. The smallest absolute Gasteiger partial charge is 0.0465 e. The summed E-state index contributed by atoms with van der Waals surface area (Å²) in [6.07, 6.45) is 8.31. The molecule has 6 aromatic rings. The standard InChI is InChI=1S/C54H51N/c1-51(2)26-27-52(3,4)48-30-38(18-25-46(48)51)37-16-21-41(22-17-37)55(40-19-14-36(15-20-40)35-10-6-5-7-11-35)42-23-24-44-43-12-8-9-13-45(43)54(47(44)32-42)49-29-34-28-39-31-50(54)53(39,49)33-34/h5-25,30,32,34,39,49-50H,26-29,31,33H2,1-4H3. The number of nitrogens with zero attached hydrogens (tertiary/aromatic N) is 1. The van der Waals surface area contributed by atoms with Gasteiger partial charge in [-0.3, -0.25) is 0 Å². The van der Waals surface area contributed by atoms with E-state index in [1.165, 1.54) is 100 Å². The Hall–Kier alpha value is -4.88. The first-order valence-electron chi connectivity index (χ1n) is 21.1. The maximum Gasteiger partial charge on any atom is 0.0465 e. The highest BCUT2D eigenvalue weighted by Crippen LogP contribution is 2.89. The van der Waals surface area contributed by atoms with Crippen molar-refractivity contribution in [1.82, 2.24) is 0 Å². The Morgan fingerprint density at radius 2 is 1.04 bits per heavy atom. The van der Waals surface area contributed by atoms with Gasteiger partial charge in [0.2, 0.25) is 0 Å². The quantitative estimate of drug-likeness (QED) is 0.172. The van der Waals surface area contributed by atoms with Gasteiger partial charge in [0.25, 0.3) is 0 Å². The number of anilines is 3. The molecule has 0 aromatic heterocycles. The molecule has 6 aliphatic carbocycles. The minimum Gasteiger partial charge on any atom is -0.310 e. The molecule has 0 saturated heterocycles. The van der Waals surface area contributed by atoms with Crippen LogP contribution >= 0.6 is 0 Å². The van der Waals surface area contributed by atoms with Crippen molar-refractivity contribution in [1.29, 1.82) is 0 Å². The SMILES string of the molecule is CC1(C)CCC(C)(C)c2cc(-c3ccc(N(c4ccc(-c5ccccc5)cc4)c4ccc5c(c4)C4(c6ccccc6-5)C5CC6CC7CC4C75C6)cc3)ccc21. The molecule has 0 amide bonds. The lowest BCUT2D eigenvalue weighted by atomic mass is 9.27. The summed E-state index contributed by atoms with van der Waals surface area (Å²) < 4.78 is 0. The van der Waals surface area contributed by atoms with Crippen LogP contribution in [0.2, 0.25) is 0 Å². The molecular weight excluding hydrogens is 663 g/mol. The number of hydrogen-bond acceptors (Lipinski definition) is 1. The predicted octanol–water partition coefficient (Wildman–Crippen LogP) is 14.2. The van der Waals surface area contributed by atoms with Gasteiger partial charge in [-0.1, -0.05) is 131 Å². The Balaban J connectivity index is 0.979. The Kier molecular flexibility index (Phi) is 6.42. The van der Waals surface area contributed by atoms with Crippen LogP contribution in [0.5, 0.6) is 0 Å². The van der Waals surface area contributed by atoms with E-state index >= 15 is 0 Å². The van der Waals surface area contributed by atoms with Crippen molar-refractivity contribution in [3.63, 3.8) is 0 Å². The highest BCUT2D eigenvalue weighted by atomic mass is 15.1. The van der Waals surface area contributed by atoms with Crippen LogP contribution in [-0.2, 0) is 16.2 Å². The molecule has 6 atom stereocenters. The summed E-state index contributed by atoms with van der Waals surface area (Å²) in [5, 5.41) is 0. The fraction of sp³-hybridized carbons (Fsp3) is 0.333. The van der Waals surface area contributed by atoms with Gasteiger partial charge in [0.05, 0.1) is 0 Å². The molecule has 6 aliphatic rings. The zero-order valence-electron chi connectivity index (χ0n) is 32.8. The molecule has 1 heteroatoms. The number of rotatable bonds is 5. The summed E-state index contributed by atoms with van der Waals surface area (Å²) in [4.78, 5) is 2.52. The second-order valence-electron chi connectivity index (χ2n) is 19.7. The van der Waals surface area contributed by atoms with Crippen molar-refractivity contribution in [2.75, 3.05) is 4.90 Å². The van der Waals surface area contributed by atoms with Gasteiger partial charge in [0.1, 0.15) is 0 Å². The van der Waals surface area contributed by atoms with Crippen molar-refractivity contribution >= 4 is 17.1 Å². The van der Waals surface area contributed by atoms with Crippen LogP contribution in [0.25, 0.3) is 33.4 Å². The Morgan fingerprint density at radius 1 is 0.455 bits per heavy atom. The fourth-order valence-electron chi connectivity index (χ4n) is 13.9. The summed E-state index contributed by atoms with van der Waals surface area (Å²) in [5.41, 5.74) is 19.2. The van der Waals surface area contributed by atoms with Crippen molar-refractivity contribution in [3.05, 3.63) is 162 Å². The highest BCUT2D eigenvalue weighted by molar-refractivity contribution is 5.88. The lowest BCUT2D eigenvalue weighted by Crippen LogP contribution is -2.73. The molecule has 12 rings (SSSR count). The van der Waals surface area contributed by atoms with Crippen LogP contribution in [0.15, 0.2) is 140 Å². The summed E-state index contributed by atoms with van der Waals surface area (Å²) in [7, 11) is 0. The molecule has 2 bridgehead atoms. The van der Waals surface area contributed by atoms with Gasteiger partial charge in [-0.25, -0.2) is 0 Å². The molecule has 0 heterocycles. The molecular formula is C54H51N. The largest absolute Gasteiger partial charge is 0.310 e. The Bertz CT molecular complexity index is 2520. The normalized spacial score (nSPS) is 29.1. The minimum atomic E-state index is 0.176. The van der Waals surface area contributed by atoms with E-state index in [2.05, 4.69) is 172 Å². The molecule has 2 spiro atoms. The Labute approximate surface area is 327 Å². The van der Waals surface area contributed by atoms with Gasteiger partial charge in [-0.2, -0.15) is 0 Å². The monoisotopic (exact) mass is 713 g/mol. The van der Waals surface area contributed by atoms with Crippen LogP contribution in [0, 0.1) is 29.1 Å². The lowest BCUT2D eigenvalue weighted by molar-refractivity contribution is -0.231. The molecule has 4 fully saturated rings. The van der Waals surface area contributed by atoms with Gasteiger partial charge < -0.3 is 4.90 Å². The van der Waals surface area contributed by atoms with E-state index in [1.807, 2.05) is 0 Å². The van der Waals surface area contributed by atoms with Crippen LogP contribution in [0.3, 0.4) is 0 Å². The molecule has 6 unspecified atom stereocenters. The van der Waals surface area contributed by atoms with Crippen LogP contribution in [-0.4, -0.2) is 0 Å². The second-order valence-corrected chi connectivity index (χ2v) is 19.7. The topological polar surface area (TPSA) is 3.24 Å². The van der Waals surface area contributed by atoms with E-state index < -0.39 is 0 Å². The molecule has 6 aromatic carbocycles. The molecule has 55 heavy (non-hydrogen) atoms. The average Bonchev–Trinajstić information content (AvgIpc) is 3.84. The molecule has 0 radical (unpaired) electrons. The highest BCUT2D eigenvalue weighted by Gasteiger charge is 2.84. The fourth-order valence-corrected chi connectivity index (χ4v) is 13.9. The maximum absolute atomic E-state index is 2.63. The third kappa shape index (κ3) is 4.15. The Morgan fingerprint density at radius 3 is 1.76 bits per heavy atom. The molecule has 1 nitrogen and oxygen atoms in total. The van der Waals surface area contributed by atoms with Gasteiger partial charge >= 0.3 is 0 Å². The van der Waals surface area contributed by atoms with Crippen molar-refractivity contribution in [2.45, 2.75) is 82.5 Å². The summed E-state index contributed by atoms with van der Waals surface area (Å²) in [6, 6.07) is 53.7. The number of fused-ring (bicyclic) bond motifs is 9. The van der Waals surface area contributed by atoms with E-state index in [1.54, 1.807) is 11.1 Å². The first kappa shape index (κ1) is 32.4. The van der Waals surface area contributed by atoms with E-state index in [4.69, 9.17) is 0 Å². The predicted molar refractivity (Wildman–Crippen MR) is 228 cm³/mol. The van der Waals surface area contributed by atoms with E-state index in [0.717, 1.165) is 23.7 Å². The number of benzene rings is 6. The summed E-state index contributed by atoms with van der Waals surface area (Å²) in [5.74, 6) is 3.53. The second kappa shape index (κ2) is 10.9. The van der Waals surface area contributed by atoms with Crippen LogP contribution < -0.4 is 4.90 Å². The van der Waals surface area contributed by atoms with Crippen molar-refractivity contribution < 1.29 is 0 Å². The van der Waals surface area contributed by atoms with Gasteiger partial charge in [-0.05, 0) is 170 Å². The average molecular weight is 714 g/mol. The summed E-state index contributed by atoms with van der Waals surface area (Å²) in [6.45, 7) is 9.69. The van der Waals surface area contributed by atoms with Crippen LogP contribution in [0.1, 0.15) is 88.5 Å². The minimum absolute atomic E-state index is 0.176. The van der Waals surface area contributed by atoms with Crippen molar-refractivity contribution in [2.24, 2.45) is 29.1 Å². The maximum atomic E-state index is 2.63. The van der Waals surface area contributed by atoms with Gasteiger partial charge in [0.15, 0.2) is 0 Å². The van der Waals surface area contributed by atoms with E-state index in [-0.39, 0.29) is 16.2 Å². The van der Waals surface area contributed by atoms with E-state index in [0.29, 0.717) is 5.41 Å². The van der Waals surface area contributed by atoms with E-state index in [9.17, 15) is 0 Å². The first-order valence-corrected chi connectivity index (χ1v) is 21.1. The molecule has 272 valence electrons. The van der Waals surface area contributed by atoms with Gasteiger partial charge in [0, 0.05) is 22.5 Å². The third-order valence-electron chi connectivity index (χ3n) is 16.4. The number of hydrogen-bond donors (Lipinski definition) is 0.